The topological polar surface area (TPSA) is 84.2 Å². The molecular weight excluding hydrogens is 350 g/mol. The zero-order valence-electron chi connectivity index (χ0n) is 14.9. The number of nitrogens with one attached hydrogen (secondary N) is 1. The number of carboxylic acid groups (broad SMARTS) is 1. The number of aryl methyl sites for hydroxylation is 1. The van der Waals surface area contributed by atoms with Crippen molar-refractivity contribution >= 4 is 33.4 Å². The van der Waals surface area contributed by atoms with Gasteiger partial charge in [-0.25, -0.2) is 0 Å². The number of rotatable bonds is 6. The number of hydrogen-bond acceptors (Lipinski definition) is 4. The number of carbonyl (C=O) groups is 2. The molecule has 0 saturated carbocycles. The largest absolute Gasteiger partial charge is 0.481 e. The Labute approximate surface area is 155 Å². The normalized spacial score (nSPS) is 13.5. The van der Waals surface area contributed by atoms with Crippen molar-refractivity contribution in [3.8, 4) is 0 Å². The third-order valence-corrected chi connectivity index (χ3v) is 5.65. The summed E-state index contributed by atoms with van der Waals surface area (Å²) in [6.07, 6.45) is 0. The summed E-state index contributed by atoms with van der Waals surface area (Å²) < 4.78 is 1.91. The third-order valence-electron chi connectivity index (χ3n) is 4.50. The first-order chi connectivity index (χ1) is 12.4. The first kappa shape index (κ1) is 18.1. The van der Waals surface area contributed by atoms with Gasteiger partial charge in [0.1, 0.15) is 4.83 Å². The Hall–Kier alpha value is -2.67. The van der Waals surface area contributed by atoms with Crippen molar-refractivity contribution in [2.45, 2.75) is 33.4 Å². The van der Waals surface area contributed by atoms with Gasteiger partial charge in [0.15, 0.2) is 0 Å². The molecule has 0 saturated heterocycles. The number of hydrogen-bond donors (Lipinski definition) is 2. The molecule has 136 valence electrons. The molecule has 1 amide bonds. The summed E-state index contributed by atoms with van der Waals surface area (Å²) >= 11 is 1.38. The van der Waals surface area contributed by atoms with Crippen LogP contribution in [0.3, 0.4) is 0 Å². The Kier molecular flexibility index (Phi) is 5.08. The van der Waals surface area contributed by atoms with Crippen LogP contribution in [-0.2, 0) is 11.3 Å². The van der Waals surface area contributed by atoms with Crippen molar-refractivity contribution in [2.75, 3.05) is 0 Å². The van der Waals surface area contributed by atoms with Crippen molar-refractivity contribution in [1.82, 2.24) is 15.1 Å². The fourth-order valence-electron chi connectivity index (χ4n) is 2.70. The Balaban J connectivity index is 1.84. The Morgan fingerprint density at radius 3 is 2.62 bits per heavy atom. The maximum atomic E-state index is 12.5. The smallest absolute Gasteiger partial charge is 0.308 e. The monoisotopic (exact) mass is 371 g/mol. The summed E-state index contributed by atoms with van der Waals surface area (Å²) in [6.45, 7) is 5.85. The molecule has 0 aliphatic heterocycles. The highest BCUT2D eigenvalue weighted by Gasteiger charge is 2.23. The van der Waals surface area contributed by atoms with E-state index in [0.717, 1.165) is 21.5 Å². The van der Waals surface area contributed by atoms with E-state index in [4.69, 9.17) is 5.11 Å². The number of nitrogens with zero attached hydrogens (tertiary/aromatic N) is 2. The summed E-state index contributed by atoms with van der Waals surface area (Å²) in [7, 11) is 0. The minimum Gasteiger partial charge on any atom is -0.481 e. The number of fused-ring (bicyclic) bond motifs is 1. The van der Waals surface area contributed by atoms with Crippen molar-refractivity contribution < 1.29 is 14.7 Å². The maximum absolute atomic E-state index is 12.5. The van der Waals surface area contributed by atoms with Crippen LogP contribution in [0.15, 0.2) is 36.4 Å². The van der Waals surface area contributed by atoms with Crippen LogP contribution in [0.2, 0.25) is 0 Å². The van der Waals surface area contributed by atoms with Gasteiger partial charge in [-0.3, -0.25) is 14.3 Å². The second-order valence-corrected chi connectivity index (χ2v) is 7.48. The molecule has 2 atom stereocenters. The number of thiophene rings is 1. The molecule has 7 heteroatoms. The number of carboxylic acids is 1. The molecule has 0 spiro atoms. The number of carbonyl (C=O) groups excluding carboxylic acids is 1. The molecule has 0 radical (unpaired) electrons. The lowest BCUT2D eigenvalue weighted by atomic mass is 10.0. The van der Waals surface area contributed by atoms with Gasteiger partial charge in [0.25, 0.3) is 5.91 Å². The Morgan fingerprint density at radius 2 is 1.96 bits per heavy atom. The summed E-state index contributed by atoms with van der Waals surface area (Å²) in [5.74, 6) is -1.83. The predicted molar refractivity (Wildman–Crippen MR) is 102 cm³/mol. The Bertz CT molecular complexity index is 946. The first-order valence-electron chi connectivity index (χ1n) is 8.41. The predicted octanol–water partition coefficient (Wildman–Crippen LogP) is 3.29. The summed E-state index contributed by atoms with van der Waals surface area (Å²) in [5, 5.41) is 17.4. The number of amides is 1. The average Bonchev–Trinajstić information content (AvgIpc) is 3.17. The van der Waals surface area contributed by atoms with E-state index in [1.54, 1.807) is 13.8 Å². The second kappa shape index (κ2) is 7.29. The van der Waals surface area contributed by atoms with Gasteiger partial charge in [-0.15, -0.1) is 11.3 Å². The second-order valence-electron chi connectivity index (χ2n) is 6.45. The lowest BCUT2D eigenvalue weighted by molar-refractivity contribution is -0.141. The molecule has 2 aromatic heterocycles. The van der Waals surface area contributed by atoms with Crippen LogP contribution in [0.4, 0.5) is 0 Å². The number of aliphatic carboxylic acids is 1. The molecule has 0 bridgehead atoms. The van der Waals surface area contributed by atoms with Crippen LogP contribution in [0.1, 0.15) is 34.8 Å². The molecule has 6 nitrogen and oxygen atoms in total. The van der Waals surface area contributed by atoms with Gasteiger partial charge in [-0.05, 0) is 32.4 Å². The molecule has 3 aromatic rings. The van der Waals surface area contributed by atoms with Gasteiger partial charge in [0.05, 0.1) is 23.0 Å². The van der Waals surface area contributed by atoms with Crippen molar-refractivity contribution in [3.63, 3.8) is 0 Å². The minimum absolute atomic E-state index is 0.252. The van der Waals surface area contributed by atoms with E-state index in [0.29, 0.717) is 11.4 Å². The molecule has 0 aliphatic rings. The highest BCUT2D eigenvalue weighted by molar-refractivity contribution is 7.20. The van der Waals surface area contributed by atoms with E-state index < -0.39 is 17.9 Å². The van der Waals surface area contributed by atoms with Crippen LogP contribution in [0, 0.1) is 12.8 Å². The summed E-state index contributed by atoms with van der Waals surface area (Å²) in [5.41, 5.74) is 2.01. The SMILES string of the molecule is Cc1nn(Cc2ccccc2)c2sc(C(=O)NC(C)C(C)C(=O)O)cc12. The van der Waals surface area contributed by atoms with Crippen LogP contribution in [-0.4, -0.2) is 32.8 Å². The molecule has 1 aromatic carbocycles. The van der Waals surface area contributed by atoms with E-state index in [2.05, 4.69) is 10.4 Å². The van der Waals surface area contributed by atoms with E-state index in [1.807, 2.05) is 48.0 Å². The van der Waals surface area contributed by atoms with Crippen LogP contribution in [0.5, 0.6) is 0 Å². The summed E-state index contributed by atoms with van der Waals surface area (Å²) in [6, 6.07) is 11.4. The van der Waals surface area contributed by atoms with Crippen molar-refractivity contribution in [3.05, 3.63) is 52.5 Å². The van der Waals surface area contributed by atoms with Crippen molar-refractivity contribution in [2.24, 2.45) is 5.92 Å². The first-order valence-corrected chi connectivity index (χ1v) is 9.23. The van der Waals surface area contributed by atoms with E-state index in [-0.39, 0.29) is 5.91 Å². The molecular formula is C19H21N3O3S. The van der Waals surface area contributed by atoms with Gasteiger partial charge in [0.2, 0.25) is 0 Å². The summed E-state index contributed by atoms with van der Waals surface area (Å²) in [4.78, 5) is 25.1. The van der Waals surface area contributed by atoms with E-state index in [1.165, 1.54) is 11.3 Å². The molecule has 2 unspecified atom stereocenters. The van der Waals surface area contributed by atoms with Gasteiger partial charge in [-0.2, -0.15) is 5.10 Å². The zero-order chi connectivity index (χ0) is 18.8. The van der Waals surface area contributed by atoms with Gasteiger partial charge in [-0.1, -0.05) is 30.3 Å². The molecule has 0 fully saturated rings. The van der Waals surface area contributed by atoms with Gasteiger partial charge < -0.3 is 10.4 Å². The van der Waals surface area contributed by atoms with E-state index in [9.17, 15) is 9.59 Å². The van der Waals surface area contributed by atoms with Gasteiger partial charge >= 0.3 is 5.97 Å². The number of aromatic nitrogens is 2. The fraction of sp³-hybridized carbons (Fsp3) is 0.316. The molecule has 0 aliphatic carbocycles. The highest BCUT2D eigenvalue weighted by Crippen LogP contribution is 2.29. The Morgan fingerprint density at radius 1 is 1.27 bits per heavy atom. The van der Waals surface area contributed by atoms with Crippen LogP contribution in [0.25, 0.3) is 10.2 Å². The van der Waals surface area contributed by atoms with Crippen LogP contribution < -0.4 is 5.32 Å². The standard InChI is InChI=1S/C19H21N3O3S/c1-11(19(24)25)12(2)20-17(23)16-9-15-13(3)21-22(18(15)26-16)10-14-7-5-4-6-8-14/h4-9,11-12H,10H2,1-3H3,(H,20,23)(H,24,25). The quantitative estimate of drug-likeness (QED) is 0.696. The van der Waals surface area contributed by atoms with Crippen LogP contribution >= 0.6 is 11.3 Å². The lowest BCUT2D eigenvalue weighted by Gasteiger charge is -2.17. The molecule has 2 N–H and O–H groups in total. The maximum Gasteiger partial charge on any atom is 0.308 e. The fourth-order valence-corrected chi connectivity index (χ4v) is 3.77. The molecule has 26 heavy (non-hydrogen) atoms. The highest BCUT2D eigenvalue weighted by atomic mass is 32.1. The lowest BCUT2D eigenvalue weighted by Crippen LogP contribution is -2.39. The number of benzene rings is 1. The zero-order valence-corrected chi connectivity index (χ0v) is 15.7. The molecule has 2 heterocycles. The van der Waals surface area contributed by atoms with Crippen molar-refractivity contribution in [1.29, 1.82) is 0 Å². The van der Waals surface area contributed by atoms with E-state index >= 15 is 0 Å². The molecule has 3 rings (SSSR count). The van der Waals surface area contributed by atoms with Gasteiger partial charge in [0, 0.05) is 11.4 Å². The average molecular weight is 371 g/mol. The minimum atomic E-state index is -0.927. The third kappa shape index (κ3) is 3.62.